The van der Waals surface area contributed by atoms with Gasteiger partial charge in [-0.05, 0) is 77.1 Å². The summed E-state index contributed by atoms with van der Waals surface area (Å²) < 4.78 is 1.19. The van der Waals surface area contributed by atoms with E-state index in [1.54, 1.807) is 0 Å². The zero-order valence-corrected chi connectivity index (χ0v) is 15.3. The number of fused-ring (bicyclic) bond motifs is 1. The lowest BCUT2D eigenvalue weighted by atomic mass is 9.54. The minimum absolute atomic E-state index is 0.0174. The average Bonchev–Trinajstić information content (AvgIpc) is 2.49. The van der Waals surface area contributed by atoms with Gasteiger partial charge in [-0.25, -0.2) is 0 Å². The smallest absolute Gasteiger partial charge is 0.161 e. The van der Waals surface area contributed by atoms with Crippen LogP contribution in [-0.4, -0.2) is 17.0 Å². The Morgan fingerprint density at radius 1 is 1.27 bits per heavy atom. The van der Waals surface area contributed by atoms with Gasteiger partial charge < -0.3 is 5.11 Å². The molecule has 0 aromatic heterocycles. The van der Waals surface area contributed by atoms with Crippen LogP contribution >= 0.6 is 22.6 Å². The SMILES string of the molecule is CC1C(=O)/C(=C/c2ccc(I)cc2)C[C@@]2(C)C1CCC[C@@H]2O. The van der Waals surface area contributed by atoms with Crippen LogP contribution in [0, 0.1) is 20.8 Å². The summed E-state index contributed by atoms with van der Waals surface area (Å²) in [7, 11) is 0. The molecule has 0 aliphatic heterocycles. The molecule has 0 amide bonds. The van der Waals surface area contributed by atoms with Crippen LogP contribution in [0.1, 0.15) is 45.1 Å². The molecule has 2 nitrogen and oxygen atoms in total. The Bertz CT molecular complexity index is 604. The third-order valence-corrected chi connectivity index (χ3v) is 6.44. The molecule has 118 valence electrons. The maximum absolute atomic E-state index is 12.7. The predicted molar refractivity (Wildman–Crippen MR) is 97.4 cm³/mol. The molecule has 2 saturated carbocycles. The van der Waals surface area contributed by atoms with E-state index in [1.807, 2.05) is 13.0 Å². The number of hydrogen-bond donors (Lipinski definition) is 1. The molecule has 22 heavy (non-hydrogen) atoms. The highest BCUT2D eigenvalue weighted by Gasteiger charge is 2.51. The Morgan fingerprint density at radius 3 is 2.64 bits per heavy atom. The molecule has 3 heteroatoms. The van der Waals surface area contributed by atoms with Crippen molar-refractivity contribution in [2.45, 2.75) is 45.6 Å². The Balaban J connectivity index is 1.95. The first-order chi connectivity index (χ1) is 10.4. The second-order valence-electron chi connectivity index (χ2n) is 7.11. The number of Topliss-reactive ketones (excluding diaryl/α,β-unsaturated/α-hetero) is 1. The third-order valence-electron chi connectivity index (χ3n) is 5.72. The van der Waals surface area contributed by atoms with E-state index in [2.05, 4.69) is 53.8 Å². The van der Waals surface area contributed by atoms with Crippen molar-refractivity contribution < 1.29 is 9.90 Å². The van der Waals surface area contributed by atoms with Gasteiger partial charge in [0.05, 0.1) is 6.10 Å². The molecule has 2 fully saturated rings. The fraction of sp³-hybridized carbons (Fsp3) is 0.526. The maximum atomic E-state index is 12.7. The molecule has 0 radical (unpaired) electrons. The van der Waals surface area contributed by atoms with Crippen LogP contribution in [-0.2, 0) is 4.79 Å². The van der Waals surface area contributed by atoms with Gasteiger partial charge in [-0.15, -0.1) is 0 Å². The lowest BCUT2D eigenvalue weighted by Crippen LogP contribution is -2.51. The van der Waals surface area contributed by atoms with Gasteiger partial charge in [0, 0.05) is 14.9 Å². The Morgan fingerprint density at radius 2 is 1.95 bits per heavy atom. The number of aliphatic hydroxyl groups is 1. The molecule has 0 heterocycles. The van der Waals surface area contributed by atoms with E-state index in [4.69, 9.17) is 0 Å². The van der Waals surface area contributed by atoms with E-state index < -0.39 is 0 Å². The molecule has 1 aromatic carbocycles. The van der Waals surface area contributed by atoms with Gasteiger partial charge in [0.1, 0.15) is 0 Å². The Kier molecular flexibility index (Phi) is 4.47. The second-order valence-corrected chi connectivity index (χ2v) is 8.36. The summed E-state index contributed by atoms with van der Waals surface area (Å²) in [5.41, 5.74) is 1.80. The number of hydrogen-bond acceptors (Lipinski definition) is 2. The highest BCUT2D eigenvalue weighted by molar-refractivity contribution is 14.1. The zero-order chi connectivity index (χ0) is 15.9. The molecule has 0 saturated heterocycles. The van der Waals surface area contributed by atoms with Crippen molar-refractivity contribution in [3.63, 3.8) is 0 Å². The van der Waals surface area contributed by atoms with Crippen LogP contribution in [0.15, 0.2) is 29.8 Å². The van der Waals surface area contributed by atoms with E-state index in [9.17, 15) is 9.90 Å². The fourth-order valence-corrected chi connectivity index (χ4v) is 4.72. The van der Waals surface area contributed by atoms with Crippen LogP contribution < -0.4 is 0 Å². The van der Waals surface area contributed by atoms with Gasteiger partial charge >= 0.3 is 0 Å². The molecule has 2 unspecified atom stereocenters. The second kappa shape index (κ2) is 6.08. The molecule has 4 atom stereocenters. The van der Waals surface area contributed by atoms with Crippen molar-refractivity contribution in [2.75, 3.05) is 0 Å². The molecule has 1 aromatic rings. The quantitative estimate of drug-likeness (QED) is 0.549. The van der Waals surface area contributed by atoms with Crippen molar-refractivity contribution in [1.29, 1.82) is 0 Å². The molecular weight excluding hydrogens is 387 g/mol. The van der Waals surface area contributed by atoms with Crippen molar-refractivity contribution in [3.05, 3.63) is 39.0 Å². The summed E-state index contributed by atoms with van der Waals surface area (Å²) in [5, 5.41) is 10.5. The normalized spacial score (nSPS) is 37.2. The van der Waals surface area contributed by atoms with Crippen LogP contribution in [0.3, 0.4) is 0 Å². The maximum Gasteiger partial charge on any atom is 0.161 e. The molecule has 0 spiro atoms. The van der Waals surface area contributed by atoms with Gasteiger partial charge in [0.2, 0.25) is 0 Å². The Labute approximate surface area is 146 Å². The van der Waals surface area contributed by atoms with Crippen molar-refractivity contribution >= 4 is 34.5 Å². The standard InChI is InChI=1S/C19H23IO2/c1-12-16-4-3-5-17(21)19(16,2)11-14(18(12)22)10-13-6-8-15(20)9-7-13/h6-10,12,16-17,21H,3-5,11H2,1-2H3/b14-10+/t12?,16?,17-,19-/m0/s1. The zero-order valence-electron chi connectivity index (χ0n) is 13.2. The highest BCUT2D eigenvalue weighted by Crippen LogP contribution is 2.53. The van der Waals surface area contributed by atoms with Gasteiger partial charge in [-0.2, -0.15) is 0 Å². The van der Waals surface area contributed by atoms with Crippen LogP contribution in [0.25, 0.3) is 6.08 Å². The number of carbonyl (C=O) groups excluding carboxylic acids is 1. The monoisotopic (exact) mass is 410 g/mol. The number of ketones is 1. The first-order valence-corrected chi connectivity index (χ1v) is 9.18. The summed E-state index contributed by atoms with van der Waals surface area (Å²) in [5.74, 6) is 0.608. The van der Waals surface area contributed by atoms with E-state index >= 15 is 0 Å². The van der Waals surface area contributed by atoms with Crippen molar-refractivity contribution in [2.24, 2.45) is 17.3 Å². The summed E-state index contributed by atoms with van der Waals surface area (Å²) in [6.45, 7) is 4.22. The Hall–Kier alpha value is -0.680. The molecule has 0 bridgehead atoms. The van der Waals surface area contributed by atoms with Crippen LogP contribution in [0.4, 0.5) is 0 Å². The van der Waals surface area contributed by atoms with Gasteiger partial charge in [0.25, 0.3) is 0 Å². The van der Waals surface area contributed by atoms with Gasteiger partial charge in [0.15, 0.2) is 5.78 Å². The van der Waals surface area contributed by atoms with Crippen LogP contribution in [0.2, 0.25) is 0 Å². The molecule has 1 N–H and O–H groups in total. The third kappa shape index (κ3) is 2.78. The lowest BCUT2D eigenvalue weighted by molar-refractivity contribution is -0.133. The minimum atomic E-state index is -0.290. The van der Waals surface area contributed by atoms with E-state index in [-0.39, 0.29) is 23.2 Å². The van der Waals surface area contributed by atoms with E-state index in [1.165, 1.54) is 3.57 Å². The first kappa shape index (κ1) is 16.2. The minimum Gasteiger partial charge on any atom is -0.393 e. The molecular formula is C19H23IO2. The lowest BCUT2D eigenvalue weighted by Gasteiger charge is -2.51. The number of rotatable bonds is 1. The summed E-state index contributed by atoms with van der Waals surface area (Å²) >= 11 is 2.28. The number of allylic oxidation sites excluding steroid dienone is 1. The fourth-order valence-electron chi connectivity index (χ4n) is 4.36. The number of aliphatic hydroxyl groups excluding tert-OH is 1. The van der Waals surface area contributed by atoms with Crippen LogP contribution in [0.5, 0.6) is 0 Å². The first-order valence-electron chi connectivity index (χ1n) is 8.10. The van der Waals surface area contributed by atoms with Gasteiger partial charge in [-0.1, -0.05) is 32.4 Å². The number of benzene rings is 1. The van der Waals surface area contributed by atoms with Crippen molar-refractivity contribution in [1.82, 2.24) is 0 Å². The summed E-state index contributed by atoms with van der Waals surface area (Å²) in [4.78, 5) is 12.7. The van der Waals surface area contributed by atoms with E-state index in [0.717, 1.165) is 30.4 Å². The number of carbonyl (C=O) groups is 1. The molecule has 2 aliphatic carbocycles. The van der Waals surface area contributed by atoms with E-state index in [0.29, 0.717) is 12.3 Å². The number of halogens is 1. The molecule has 3 rings (SSSR count). The van der Waals surface area contributed by atoms with Gasteiger partial charge in [-0.3, -0.25) is 4.79 Å². The topological polar surface area (TPSA) is 37.3 Å². The average molecular weight is 410 g/mol. The predicted octanol–water partition coefficient (Wildman–Crippen LogP) is 4.45. The molecule has 2 aliphatic rings. The largest absolute Gasteiger partial charge is 0.393 e. The highest BCUT2D eigenvalue weighted by atomic mass is 127. The van der Waals surface area contributed by atoms with Crippen molar-refractivity contribution in [3.8, 4) is 0 Å². The summed E-state index contributed by atoms with van der Waals surface area (Å²) in [6.07, 6.45) is 5.41. The summed E-state index contributed by atoms with van der Waals surface area (Å²) in [6, 6.07) is 8.23.